The van der Waals surface area contributed by atoms with E-state index in [0.717, 1.165) is 17.0 Å². The third-order valence-corrected chi connectivity index (χ3v) is 7.75. The number of hydrogen-bond acceptors (Lipinski definition) is 4. The highest BCUT2D eigenvalue weighted by atomic mass is 35.5. The van der Waals surface area contributed by atoms with Gasteiger partial charge in [0.1, 0.15) is 12.6 Å². The predicted molar refractivity (Wildman–Crippen MR) is 142 cm³/mol. The van der Waals surface area contributed by atoms with Gasteiger partial charge in [-0.25, -0.2) is 8.42 Å². The number of halogens is 2. The Morgan fingerprint density at radius 2 is 1.51 bits per heavy atom. The normalized spacial score (nSPS) is 13.1. The molecule has 0 saturated heterocycles. The van der Waals surface area contributed by atoms with Gasteiger partial charge in [-0.1, -0.05) is 54.4 Å². The zero-order valence-electron chi connectivity index (χ0n) is 20.9. The van der Waals surface area contributed by atoms with E-state index in [1.807, 2.05) is 19.9 Å². The van der Waals surface area contributed by atoms with Crippen LogP contribution in [-0.2, 0) is 26.2 Å². The first-order chi connectivity index (χ1) is 16.3. The van der Waals surface area contributed by atoms with Crippen molar-refractivity contribution >= 4 is 50.7 Å². The lowest BCUT2D eigenvalue weighted by atomic mass is 10.1. The van der Waals surface area contributed by atoms with Crippen LogP contribution < -0.4 is 9.62 Å². The molecule has 35 heavy (non-hydrogen) atoms. The number of aryl methyl sites for hydroxylation is 2. The topological polar surface area (TPSA) is 86.8 Å². The highest BCUT2D eigenvalue weighted by Crippen LogP contribution is 2.29. The third kappa shape index (κ3) is 7.35. The Balaban J connectivity index is 2.51. The van der Waals surface area contributed by atoms with Gasteiger partial charge in [0.15, 0.2) is 0 Å². The summed E-state index contributed by atoms with van der Waals surface area (Å²) in [5, 5.41) is 3.58. The molecule has 0 radical (unpaired) electrons. The molecule has 0 spiro atoms. The first-order valence-electron chi connectivity index (χ1n) is 11.3. The van der Waals surface area contributed by atoms with Gasteiger partial charge in [-0.3, -0.25) is 13.9 Å². The highest BCUT2D eigenvalue weighted by molar-refractivity contribution is 7.92. The van der Waals surface area contributed by atoms with Crippen molar-refractivity contribution < 1.29 is 18.0 Å². The summed E-state index contributed by atoms with van der Waals surface area (Å²) >= 11 is 12.7. The molecule has 7 nitrogen and oxygen atoms in total. The quantitative estimate of drug-likeness (QED) is 0.471. The lowest BCUT2D eigenvalue weighted by molar-refractivity contribution is -0.139. The molecule has 0 aliphatic heterocycles. The van der Waals surface area contributed by atoms with Gasteiger partial charge in [0.25, 0.3) is 0 Å². The Bertz CT molecular complexity index is 1150. The maximum Gasteiger partial charge on any atom is 0.244 e. The van der Waals surface area contributed by atoms with Gasteiger partial charge >= 0.3 is 0 Å². The van der Waals surface area contributed by atoms with E-state index in [4.69, 9.17) is 23.2 Å². The van der Waals surface area contributed by atoms with Gasteiger partial charge in [-0.2, -0.15) is 0 Å². The van der Waals surface area contributed by atoms with Crippen molar-refractivity contribution in [3.8, 4) is 0 Å². The summed E-state index contributed by atoms with van der Waals surface area (Å²) in [6, 6.07) is 9.39. The maximum atomic E-state index is 13.7. The molecule has 0 heterocycles. The molecule has 0 saturated carbocycles. The molecule has 1 N–H and O–H groups in total. The minimum atomic E-state index is -3.82. The Morgan fingerprint density at radius 3 is 2.00 bits per heavy atom. The van der Waals surface area contributed by atoms with Crippen LogP contribution in [0, 0.1) is 13.8 Å². The molecule has 2 unspecified atom stereocenters. The number of carbonyl (C=O) groups is 2. The number of hydrogen-bond donors (Lipinski definition) is 1. The minimum absolute atomic E-state index is 0.0587. The molecule has 2 amide bonds. The molecule has 2 aromatic carbocycles. The Kier molecular flexibility index (Phi) is 10.0. The van der Waals surface area contributed by atoms with Crippen molar-refractivity contribution in [1.82, 2.24) is 10.2 Å². The van der Waals surface area contributed by atoms with E-state index >= 15 is 0 Å². The average Bonchev–Trinajstić information content (AvgIpc) is 2.76. The lowest BCUT2D eigenvalue weighted by Crippen LogP contribution is -2.52. The first-order valence-corrected chi connectivity index (χ1v) is 13.9. The van der Waals surface area contributed by atoms with Crippen LogP contribution in [0.5, 0.6) is 0 Å². The maximum absolute atomic E-state index is 13.7. The summed E-state index contributed by atoms with van der Waals surface area (Å²) < 4.78 is 26.6. The van der Waals surface area contributed by atoms with Crippen LogP contribution in [0.25, 0.3) is 0 Å². The van der Waals surface area contributed by atoms with E-state index in [-0.39, 0.29) is 18.5 Å². The largest absolute Gasteiger partial charge is 0.352 e. The van der Waals surface area contributed by atoms with Crippen LogP contribution in [0.3, 0.4) is 0 Å². The number of benzene rings is 2. The number of para-hydroxylation sites is 1. The second-order valence-corrected chi connectivity index (χ2v) is 11.4. The SMILES string of the molecule is CCC(C)NC(=O)C(C)N(Cc1c(Cl)cccc1Cl)C(=O)CN(c1c(C)cccc1C)S(C)(=O)=O. The molecular weight excluding hydrogens is 509 g/mol. The summed E-state index contributed by atoms with van der Waals surface area (Å²) in [5.74, 6) is -0.908. The monoisotopic (exact) mass is 541 g/mol. The summed E-state index contributed by atoms with van der Waals surface area (Å²) in [6.07, 6.45) is 1.78. The molecule has 0 fully saturated rings. The van der Waals surface area contributed by atoms with E-state index in [9.17, 15) is 18.0 Å². The second kappa shape index (κ2) is 12.1. The van der Waals surface area contributed by atoms with E-state index in [1.165, 1.54) is 4.90 Å². The minimum Gasteiger partial charge on any atom is -0.352 e. The second-order valence-electron chi connectivity index (χ2n) is 8.73. The Morgan fingerprint density at radius 1 is 1.00 bits per heavy atom. The number of nitrogens with zero attached hydrogens (tertiary/aromatic N) is 2. The average molecular weight is 543 g/mol. The van der Waals surface area contributed by atoms with E-state index in [0.29, 0.717) is 32.4 Å². The van der Waals surface area contributed by atoms with Gasteiger partial charge in [-0.15, -0.1) is 0 Å². The molecular formula is C25H33Cl2N3O4S. The molecule has 0 aliphatic rings. The number of sulfonamides is 1. The molecule has 0 aliphatic carbocycles. The van der Waals surface area contributed by atoms with Gasteiger partial charge < -0.3 is 10.2 Å². The van der Waals surface area contributed by atoms with Crippen LogP contribution in [0.1, 0.15) is 43.9 Å². The van der Waals surface area contributed by atoms with Crippen molar-refractivity contribution in [3.05, 3.63) is 63.1 Å². The summed E-state index contributed by atoms with van der Waals surface area (Å²) in [6.45, 7) is 8.45. The van der Waals surface area contributed by atoms with Crippen LogP contribution >= 0.6 is 23.2 Å². The van der Waals surface area contributed by atoms with Crippen molar-refractivity contribution in [3.63, 3.8) is 0 Å². The lowest BCUT2D eigenvalue weighted by Gasteiger charge is -2.33. The fraction of sp³-hybridized carbons (Fsp3) is 0.440. The highest BCUT2D eigenvalue weighted by Gasteiger charge is 2.32. The molecule has 0 bridgehead atoms. The molecule has 2 atom stereocenters. The van der Waals surface area contributed by atoms with Crippen LogP contribution in [0.15, 0.2) is 36.4 Å². The van der Waals surface area contributed by atoms with Crippen molar-refractivity contribution in [2.24, 2.45) is 0 Å². The van der Waals surface area contributed by atoms with E-state index in [1.54, 1.807) is 51.1 Å². The number of nitrogens with one attached hydrogen (secondary N) is 1. The third-order valence-electron chi connectivity index (χ3n) is 5.93. The smallest absolute Gasteiger partial charge is 0.244 e. The fourth-order valence-electron chi connectivity index (χ4n) is 3.68. The zero-order valence-corrected chi connectivity index (χ0v) is 23.3. The van der Waals surface area contributed by atoms with E-state index in [2.05, 4.69) is 5.32 Å². The van der Waals surface area contributed by atoms with Gasteiger partial charge in [-0.05, 0) is 57.4 Å². The summed E-state index contributed by atoms with van der Waals surface area (Å²) in [4.78, 5) is 28.0. The molecule has 0 aromatic heterocycles. The van der Waals surface area contributed by atoms with Crippen LogP contribution in [0.2, 0.25) is 10.0 Å². The number of amides is 2. The van der Waals surface area contributed by atoms with Crippen LogP contribution in [0.4, 0.5) is 5.69 Å². The van der Waals surface area contributed by atoms with E-state index < -0.39 is 28.5 Å². The van der Waals surface area contributed by atoms with Gasteiger partial charge in [0.2, 0.25) is 21.8 Å². The zero-order chi connectivity index (χ0) is 26.5. The Hall–Kier alpha value is -2.29. The Labute approximate surface area is 218 Å². The van der Waals surface area contributed by atoms with Gasteiger partial charge in [0.05, 0.1) is 11.9 Å². The van der Waals surface area contributed by atoms with Crippen molar-refractivity contribution in [1.29, 1.82) is 0 Å². The molecule has 10 heteroatoms. The predicted octanol–water partition coefficient (Wildman–Crippen LogP) is 4.71. The number of carbonyl (C=O) groups excluding carboxylic acids is 2. The first kappa shape index (κ1) is 28.9. The van der Waals surface area contributed by atoms with Crippen molar-refractivity contribution in [2.75, 3.05) is 17.1 Å². The van der Waals surface area contributed by atoms with Crippen LogP contribution in [-0.4, -0.2) is 50.0 Å². The summed E-state index contributed by atoms with van der Waals surface area (Å²) in [5.41, 5.74) is 2.35. The van der Waals surface area contributed by atoms with Gasteiger partial charge in [0, 0.05) is 28.2 Å². The number of rotatable bonds is 10. The standard InChI is InChI=1S/C25H33Cl2N3O4S/c1-7-18(4)28-25(32)19(5)29(14-20-21(26)12-9-13-22(20)27)23(31)15-30(35(6,33)34)24-16(2)10-8-11-17(24)3/h8-13,18-19H,7,14-15H2,1-6H3,(H,28,32). The number of anilines is 1. The fourth-order valence-corrected chi connectivity index (χ4v) is 5.16. The summed E-state index contributed by atoms with van der Waals surface area (Å²) in [7, 11) is -3.82. The molecule has 192 valence electrons. The molecule has 2 aromatic rings. The molecule has 2 rings (SSSR count). The van der Waals surface area contributed by atoms with Crippen molar-refractivity contribution in [2.45, 2.75) is 59.7 Å².